The highest BCUT2D eigenvalue weighted by Gasteiger charge is 2.32. The zero-order valence-corrected chi connectivity index (χ0v) is 12.2. The molecule has 0 saturated carbocycles. The third kappa shape index (κ3) is 2.62. The first-order valence-electron chi connectivity index (χ1n) is 6.95. The van der Waals surface area contributed by atoms with E-state index in [1.165, 1.54) is 54.6 Å². The van der Waals surface area contributed by atoms with Gasteiger partial charge in [0.1, 0.15) is 0 Å². The lowest BCUT2D eigenvalue weighted by Crippen LogP contribution is -2.62. The summed E-state index contributed by atoms with van der Waals surface area (Å²) < 4.78 is 0. The number of hydrogen-bond donors (Lipinski definition) is 1. The summed E-state index contributed by atoms with van der Waals surface area (Å²) in [6.07, 6.45) is 0. The van der Waals surface area contributed by atoms with Gasteiger partial charge in [-0.15, -0.1) is 11.3 Å². The van der Waals surface area contributed by atoms with Crippen LogP contribution in [0.5, 0.6) is 0 Å². The minimum Gasteiger partial charge on any atom is -0.314 e. The maximum atomic E-state index is 3.43. The molecule has 0 unspecified atom stereocenters. The molecular weight excluding hydrogens is 242 g/mol. The van der Waals surface area contributed by atoms with Crippen molar-refractivity contribution < 1.29 is 0 Å². The first-order chi connectivity index (χ1) is 8.72. The molecule has 0 aromatic carbocycles. The van der Waals surface area contributed by atoms with Gasteiger partial charge in [-0.05, 0) is 25.5 Å². The van der Waals surface area contributed by atoms with Crippen LogP contribution in [-0.4, -0.2) is 55.1 Å². The standard InChI is InChI=1S/C14H23N3S/c1-11-7-13(12(2)18-11)8-16-9-14(10-16)17-5-3-15-4-6-17/h7,14-15H,3-6,8-10H2,1-2H3. The number of likely N-dealkylation sites (tertiary alicyclic amines) is 1. The van der Waals surface area contributed by atoms with Crippen LogP contribution in [0.4, 0.5) is 0 Å². The lowest BCUT2D eigenvalue weighted by molar-refractivity contribution is 0.0223. The lowest BCUT2D eigenvalue weighted by atomic mass is 10.0. The van der Waals surface area contributed by atoms with Gasteiger partial charge in [0.25, 0.3) is 0 Å². The van der Waals surface area contributed by atoms with E-state index in [9.17, 15) is 0 Å². The van der Waals surface area contributed by atoms with Crippen molar-refractivity contribution in [3.05, 3.63) is 21.4 Å². The Labute approximate surface area is 114 Å². The third-order valence-corrected chi connectivity index (χ3v) is 5.15. The monoisotopic (exact) mass is 265 g/mol. The molecular formula is C14H23N3S. The highest BCUT2D eigenvalue weighted by Crippen LogP contribution is 2.25. The maximum absolute atomic E-state index is 3.43. The van der Waals surface area contributed by atoms with Crippen LogP contribution in [0.3, 0.4) is 0 Å². The molecule has 1 N–H and O–H groups in total. The van der Waals surface area contributed by atoms with E-state index in [2.05, 4.69) is 35.0 Å². The van der Waals surface area contributed by atoms with Gasteiger partial charge in [-0.25, -0.2) is 0 Å². The second-order valence-corrected chi connectivity index (χ2v) is 7.03. The normalized spacial score (nSPS) is 23.2. The predicted octanol–water partition coefficient (Wildman–Crippen LogP) is 1.45. The number of hydrogen-bond acceptors (Lipinski definition) is 4. The van der Waals surface area contributed by atoms with Crippen LogP contribution in [0.2, 0.25) is 0 Å². The van der Waals surface area contributed by atoms with Crippen LogP contribution < -0.4 is 5.32 Å². The summed E-state index contributed by atoms with van der Waals surface area (Å²) in [5.74, 6) is 0. The molecule has 1 aromatic heterocycles. The Balaban J connectivity index is 1.48. The number of rotatable bonds is 3. The summed E-state index contributed by atoms with van der Waals surface area (Å²) in [6.45, 7) is 12.9. The van der Waals surface area contributed by atoms with Gasteiger partial charge in [0.15, 0.2) is 0 Å². The largest absolute Gasteiger partial charge is 0.314 e. The highest BCUT2D eigenvalue weighted by atomic mass is 32.1. The van der Waals surface area contributed by atoms with Crippen molar-refractivity contribution in [2.75, 3.05) is 39.3 Å². The molecule has 0 spiro atoms. The average Bonchev–Trinajstić information content (AvgIpc) is 2.63. The van der Waals surface area contributed by atoms with Gasteiger partial charge in [-0.1, -0.05) is 0 Å². The Morgan fingerprint density at radius 1 is 1.28 bits per heavy atom. The van der Waals surface area contributed by atoms with Gasteiger partial charge in [-0.2, -0.15) is 0 Å². The van der Waals surface area contributed by atoms with Crippen molar-refractivity contribution in [2.45, 2.75) is 26.4 Å². The minimum absolute atomic E-state index is 0.812. The van der Waals surface area contributed by atoms with Crippen LogP contribution >= 0.6 is 11.3 Å². The fourth-order valence-corrected chi connectivity index (χ4v) is 3.97. The minimum atomic E-state index is 0.812. The zero-order valence-electron chi connectivity index (χ0n) is 11.4. The molecule has 2 aliphatic rings. The summed E-state index contributed by atoms with van der Waals surface area (Å²) in [5, 5.41) is 3.43. The summed E-state index contributed by atoms with van der Waals surface area (Å²) in [7, 11) is 0. The smallest absolute Gasteiger partial charge is 0.0351 e. The van der Waals surface area contributed by atoms with Crippen molar-refractivity contribution in [3.8, 4) is 0 Å². The van der Waals surface area contributed by atoms with E-state index in [0.717, 1.165) is 12.6 Å². The van der Waals surface area contributed by atoms with Gasteiger partial charge in [-0.3, -0.25) is 9.80 Å². The van der Waals surface area contributed by atoms with Crippen LogP contribution in [0.1, 0.15) is 15.3 Å². The molecule has 2 fully saturated rings. The molecule has 3 heterocycles. The Hall–Kier alpha value is -0.420. The number of nitrogens with one attached hydrogen (secondary N) is 1. The molecule has 0 bridgehead atoms. The van der Waals surface area contributed by atoms with Crippen LogP contribution in [-0.2, 0) is 6.54 Å². The average molecular weight is 265 g/mol. The first-order valence-corrected chi connectivity index (χ1v) is 7.77. The quantitative estimate of drug-likeness (QED) is 0.892. The molecule has 1 aromatic rings. The Bertz CT molecular complexity index is 403. The second kappa shape index (κ2) is 5.29. The molecule has 0 atom stereocenters. The summed E-state index contributed by atoms with van der Waals surface area (Å²) in [5.41, 5.74) is 1.54. The van der Waals surface area contributed by atoms with Gasteiger partial charge in [0.05, 0.1) is 0 Å². The van der Waals surface area contributed by atoms with Crippen molar-refractivity contribution in [3.63, 3.8) is 0 Å². The molecule has 4 heteroatoms. The third-order valence-electron chi connectivity index (χ3n) is 4.14. The lowest BCUT2D eigenvalue weighted by Gasteiger charge is -2.46. The molecule has 2 aliphatic heterocycles. The molecule has 0 aliphatic carbocycles. The van der Waals surface area contributed by atoms with E-state index in [-0.39, 0.29) is 0 Å². The molecule has 2 saturated heterocycles. The van der Waals surface area contributed by atoms with Crippen molar-refractivity contribution in [1.82, 2.24) is 15.1 Å². The van der Waals surface area contributed by atoms with E-state index in [0.29, 0.717) is 0 Å². The molecule has 100 valence electrons. The van der Waals surface area contributed by atoms with Gasteiger partial charge in [0.2, 0.25) is 0 Å². The highest BCUT2D eigenvalue weighted by molar-refractivity contribution is 7.12. The van der Waals surface area contributed by atoms with E-state index in [4.69, 9.17) is 0 Å². The second-order valence-electron chi connectivity index (χ2n) is 5.57. The number of aryl methyl sites for hydroxylation is 2. The fourth-order valence-electron chi connectivity index (χ4n) is 3.03. The molecule has 0 amide bonds. The Morgan fingerprint density at radius 3 is 2.61 bits per heavy atom. The Morgan fingerprint density at radius 2 is 2.00 bits per heavy atom. The Kier molecular flexibility index (Phi) is 3.71. The summed E-state index contributed by atoms with van der Waals surface area (Å²) >= 11 is 1.93. The SMILES string of the molecule is Cc1cc(CN2CC(N3CCNCC3)C2)c(C)s1. The van der Waals surface area contributed by atoms with Crippen LogP contribution in [0.25, 0.3) is 0 Å². The fraction of sp³-hybridized carbons (Fsp3) is 0.714. The zero-order chi connectivity index (χ0) is 12.5. The molecule has 3 rings (SSSR count). The van der Waals surface area contributed by atoms with Crippen molar-refractivity contribution in [2.24, 2.45) is 0 Å². The van der Waals surface area contributed by atoms with Crippen molar-refractivity contribution >= 4 is 11.3 Å². The first kappa shape index (κ1) is 12.6. The molecule has 18 heavy (non-hydrogen) atoms. The van der Waals surface area contributed by atoms with Gasteiger partial charge < -0.3 is 5.32 Å². The molecule has 0 radical (unpaired) electrons. The summed E-state index contributed by atoms with van der Waals surface area (Å²) in [4.78, 5) is 8.18. The predicted molar refractivity (Wildman–Crippen MR) is 77.3 cm³/mol. The maximum Gasteiger partial charge on any atom is 0.0351 e. The van der Waals surface area contributed by atoms with Crippen LogP contribution in [0.15, 0.2) is 6.07 Å². The topological polar surface area (TPSA) is 18.5 Å². The number of piperazine rings is 1. The number of nitrogens with zero attached hydrogens (tertiary/aromatic N) is 2. The van der Waals surface area contributed by atoms with E-state index >= 15 is 0 Å². The van der Waals surface area contributed by atoms with Gasteiger partial charge in [0, 0.05) is 61.6 Å². The van der Waals surface area contributed by atoms with Crippen molar-refractivity contribution in [1.29, 1.82) is 0 Å². The summed E-state index contributed by atoms with van der Waals surface area (Å²) in [6, 6.07) is 3.17. The van der Waals surface area contributed by atoms with Crippen LogP contribution in [0, 0.1) is 13.8 Å². The van der Waals surface area contributed by atoms with Gasteiger partial charge >= 0.3 is 0 Å². The van der Waals surface area contributed by atoms with E-state index in [1.807, 2.05) is 11.3 Å². The number of thiophene rings is 1. The van der Waals surface area contributed by atoms with E-state index < -0.39 is 0 Å². The molecule has 3 nitrogen and oxygen atoms in total. The van der Waals surface area contributed by atoms with E-state index in [1.54, 1.807) is 0 Å².